The first-order chi connectivity index (χ1) is 12.5. The second-order valence-electron chi connectivity index (χ2n) is 5.40. The van der Waals surface area contributed by atoms with Crippen LogP contribution in [0.5, 0.6) is 11.5 Å². The molecule has 0 spiro atoms. The summed E-state index contributed by atoms with van der Waals surface area (Å²) in [6.45, 7) is 2.44. The van der Waals surface area contributed by atoms with Gasteiger partial charge in [0.1, 0.15) is 19.0 Å². The molecule has 1 aliphatic heterocycles. The van der Waals surface area contributed by atoms with Crippen LogP contribution < -0.4 is 14.8 Å². The molecule has 0 aliphatic carbocycles. The summed E-state index contributed by atoms with van der Waals surface area (Å²) in [5.74, 6) is 0.573. The number of ether oxygens (including phenoxy) is 3. The van der Waals surface area contributed by atoms with Crippen molar-refractivity contribution in [1.29, 1.82) is 0 Å². The molecule has 1 amide bonds. The number of furan rings is 1. The summed E-state index contributed by atoms with van der Waals surface area (Å²) < 4.78 is 21.7. The summed E-state index contributed by atoms with van der Waals surface area (Å²) in [6, 6.07) is 8.45. The molecule has 0 fully saturated rings. The Bertz CT molecular complexity index is 844. The molecule has 8 heteroatoms. The number of hydrogen-bond acceptors (Lipinski definition) is 6. The summed E-state index contributed by atoms with van der Waals surface area (Å²) in [5.41, 5.74) is 0.526. The third-order valence-electron chi connectivity index (χ3n) is 3.45. The first-order valence-electron chi connectivity index (χ1n) is 7.86. The molecule has 2 heterocycles. The molecule has 136 valence electrons. The molecule has 1 N–H and O–H groups in total. The van der Waals surface area contributed by atoms with E-state index in [1.807, 2.05) is 0 Å². The molecule has 2 aromatic rings. The zero-order chi connectivity index (χ0) is 18.5. The zero-order valence-corrected chi connectivity index (χ0v) is 15.4. The third kappa shape index (κ3) is 4.66. The van der Waals surface area contributed by atoms with Crippen LogP contribution in [0.3, 0.4) is 0 Å². The summed E-state index contributed by atoms with van der Waals surface area (Å²) in [7, 11) is 0. The Kier molecular flexibility index (Phi) is 5.62. The van der Waals surface area contributed by atoms with Gasteiger partial charge in [-0.2, -0.15) is 0 Å². The number of benzene rings is 1. The number of anilines is 1. The minimum atomic E-state index is -0.969. The van der Waals surface area contributed by atoms with Gasteiger partial charge in [-0.15, -0.1) is 0 Å². The second kappa shape index (κ2) is 8.09. The highest BCUT2D eigenvalue weighted by molar-refractivity contribution is 9.10. The molecule has 26 heavy (non-hydrogen) atoms. The number of carbonyl (C=O) groups excluding carboxylic acids is 2. The number of hydrogen-bond donors (Lipinski definition) is 1. The number of halogens is 1. The van der Waals surface area contributed by atoms with Crippen LogP contribution in [0.25, 0.3) is 6.08 Å². The van der Waals surface area contributed by atoms with E-state index in [-0.39, 0.29) is 0 Å². The molecular weight excluding hydrogens is 406 g/mol. The Balaban J connectivity index is 1.54. The van der Waals surface area contributed by atoms with E-state index in [2.05, 4.69) is 21.2 Å². The van der Waals surface area contributed by atoms with Gasteiger partial charge in [0, 0.05) is 17.8 Å². The average molecular weight is 422 g/mol. The molecule has 3 rings (SSSR count). The third-order valence-corrected chi connectivity index (χ3v) is 3.88. The largest absolute Gasteiger partial charge is 0.486 e. The number of esters is 1. The summed E-state index contributed by atoms with van der Waals surface area (Å²) in [5, 5.41) is 2.67. The summed E-state index contributed by atoms with van der Waals surface area (Å²) in [4.78, 5) is 24.0. The second-order valence-corrected chi connectivity index (χ2v) is 6.18. The van der Waals surface area contributed by atoms with Gasteiger partial charge in [-0.3, -0.25) is 4.79 Å². The Labute approximate surface area is 158 Å². The van der Waals surface area contributed by atoms with Gasteiger partial charge < -0.3 is 23.9 Å². The van der Waals surface area contributed by atoms with Crippen molar-refractivity contribution in [2.45, 2.75) is 13.0 Å². The predicted octanol–water partition coefficient (Wildman–Crippen LogP) is 3.40. The van der Waals surface area contributed by atoms with Gasteiger partial charge in [-0.1, -0.05) is 0 Å². The van der Waals surface area contributed by atoms with Gasteiger partial charge in [-0.05, 0) is 53.2 Å². The minimum Gasteiger partial charge on any atom is -0.486 e. The summed E-state index contributed by atoms with van der Waals surface area (Å²) in [6.07, 6.45) is 1.68. The number of amides is 1. The van der Waals surface area contributed by atoms with E-state index in [4.69, 9.17) is 18.6 Å². The van der Waals surface area contributed by atoms with Crippen LogP contribution in [-0.4, -0.2) is 31.2 Å². The molecule has 1 atom stereocenters. The van der Waals surface area contributed by atoms with Gasteiger partial charge in [-0.25, -0.2) is 4.79 Å². The smallest absolute Gasteiger partial charge is 0.331 e. The van der Waals surface area contributed by atoms with E-state index in [0.29, 0.717) is 40.8 Å². The first kappa shape index (κ1) is 18.1. The van der Waals surface area contributed by atoms with E-state index in [0.717, 1.165) is 0 Å². The van der Waals surface area contributed by atoms with Crippen LogP contribution in [-0.2, 0) is 14.3 Å². The first-order valence-corrected chi connectivity index (χ1v) is 8.65. The van der Waals surface area contributed by atoms with Gasteiger partial charge in [0.15, 0.2) is 22.3 Å². The van der Waals surface area contributed by atoms with E-state index in [9.17, 15) is 9.59 Å². The van der Waals surface area contributed by atoms with Crippen molar-refractivity contribution in [3.8, 4) is 11.5 Å². The van der Waals surface area contributed by atoms with Crippen molar-refractivity contribution in [2.75, 3.05) is 18.5 Å². The van der Waals surface area contributed by atoms with Gasteiger partial charge >= 0.3 is 5.97 Å². The normalized spacial score (nSPS) is 14.1. The highest BCUT2D eigenvalue weighted by atomic mass is 79.9. The Hall–Kier alpha value is -2.74. The number of nitrogens with one attached hydrogen (secondary N) is 1. The van der Waals surface area contributed by atoms with Gasteiger partial charge in [0.2, 0.25) is 0 Å². The molecule has 0 saturated carbocycles. The number of carbonyl (C=O) groups is 2. The molecule has 7 nitrogen and oxygen atoms in total. The quantitative estimate of drug-likeness (QED) is 0.587. The topological polar surface area (TPSA) is 87.0 Å². The van der Waals surface area contributed by atoms with Crippen molar-refractivity contribution >= 4 is 39.6 Å². The van der Waals surface area contributed by atoms with Crippen molar-refractivity contribution in [3.05, 3.63) is 46.8 Å². The fourth-order valence-corrected chi connectivity index (χ4v) is 2.52. The minimum absolute atomic E-state index is 0.454. The Morgan fingerprint density at radius 2 is 1.96 bits per heavy atom. The fourth-order valence-electron chi connectivity index (χ4n) is 2.20. The molecule has 0 saturated heterocycles. The predicted molar refractivity (Wildman–Crippen MR) is 97.1 cm³/mol. The van der Waals surface area contributed by atoms with Gasteiger partial charge in [0.25, 0.3) is 5.91 Å². The molecule has 1 aromatic heterocycles. The molecule has 1 unspecified atom stereocenters. The van der Waals surface area contributed by atoms with E-state index in [1.54, 1.807) is 30.3 Å². The van der Waals surface area contributed by atoms with Crippen molar-refractivity contribution in [3.63, 3.8) is 0 Å². The molecule has 1 aromatic carbocycles. The van der Waals surface area contributed by atoms with E-state index < -0.39 is 18.0 Å². The Morgan fingerprint density at radius 1 is 1.19 bits per heavy atom. The molecule has 0 radical (unpaired) electrons. The van der Waals surface area contributed by atoms with Crippen LogP contribution in [0.4, 0.5) is 5.69 Å². The van der Waals surface area contributed by atoms with Crippen LogP contribution in [0.1, 0.15) is 12.7 Å². The maximum absolute atomic E-state index is 12.2. The fraction of sp³-hybridized carbons (Fsp3) is 0.222. The van der Waals surface area contributed by atoms with Gasteiger partial charge in [0.05, 0.1) is 0 Å². The summed E-state index contributed by atoms with van der Waals surface area (Å²) >= 11 is 3.17. The van der Waals surface area contributed by atoms with Crippen LogP contribution in [0, 0.1) is 0 Å². The lowest BCUT2D eigenvalue weighted by Gasteiger charge is -2.19. The molecular formula is C18H16BrNO6. The maximum atomic E-state index is 12.2. The average Bonchev–Trinajstić information content (AvgIpc) is 3.05. The maximum Gasteiger partial charge on any atom is 0.331 e. The molecule has 1 aliphatic rings. The highest BCUT2D eigenvalue weighted by Gasteiger charge is 2.18. The number of fused-ring (bicyclic) bond motifs is 1. The highest BCUT2D eigenvalue weighted by Crippen LogP contribution is 2.32. The van der Waals surface area contributed by atoms with Crippen LogP contribution >= 0.6 is 15.9 Å². The Morgan fingerprint density at radius 3 is 2.69 bits per heavy atom. The lowest BCUT2D eigenvalue weighted by Crippen LogP contribution is -2.29. The van der Waals surface area contributed by atoms with E-state index >= 15 is 0 Å². The van der Waals surface area contributed by atoms with E-state index in [1.165, 1.54) is 19.1 Å². The standard InChI is InChI=1S/C18H16BrNO6/c1-11(25-17(21)7-4-13-3-6-16(19)26-13)18(22)20-12-2-5-14-15(10-12)24-9-8-23-14/h2-7,10-11H,8-9H2,1H3,(H,20,22). The van der Waals surface area contributed by atoms with Crippen molar-refractivity contribution < 1.29 is 28.2 Å². The monoisotopic (exact) mass is 421 g/mol. The number of rotatable bonds is 5. The lowest BCUT2D eigenvalue weighted by atomic mass is 10.2. The SMILES string of the molecule is CC(OC(=O)C=Cc1ccc(Br)o1)C(=O)Nc1ccc2c(c1)OCCO2. The van der Waals surface area contributed by atoms with Crippen molar-refractivity contribution in [2.24, 2.45) is 0 Å². The van der Waals surface area contributed by atoms with Crippen LogP contribution in [0.2, 0.25) is 0 Å². The van der Waals surface area contributed by atoms with Crippen molar-refractivity contribution in [1.82, 2.24) is 0 Å². The molecule has 0 bridgehead atoms. The lowest BCUT2D eigenvalue weighted by molar-refractivity contribution is -0.148. The van der Waals surface area contributed by atoms with Crippen LogP contribution in [0.15, 0.2) is 45.5 Å². The zero-order valence-electron chi connectivity index (χ0n) is 13.9.